The molecule has 50 heavy (non-hydrogen) atoms. The molecule has 0 saturated carbocycles. The molecule has 0 amide bonds. The number of aromatic nitrogens is 4. The summed E-state index contributed by atoms with van der Waals surface area (Å²) in [6.45, 7) is 0. The minimum Gasteiger partial charge on any atom is -0.456 e. The van der Waals surface area contributed by atoms with Crippen LogP contribution >= 0.6 is 0 Å². The van der Waals surface area contributed by atoms with Crippen molar-refractivity contribution in [3.8, 4) is 56.4 Å². The van der Waals surface area contributed by atoms with Gasteiger partial charge in [0.25, 0.3) is 0 Å². The van der Waals surface area contributed by atoms with Gasteiger partial charge >= 0.3 is 0 Å². The first-order chi connectivity index (χ1) is 24.8. The molecule has 0 aliphatic heterocycles. The molecule has 10 rings (SSSR count). The topological polar surface area (TPSA) is 77.8 Å². The zero-order valence-corrected chi connectivity index (χ0v) is 26.6. The largest absolute Gasteiger partial charge is 0.456 e. The van der Waals surface area contributed by atoms with Gasteiger partial charge in [-0.15, -0.1) is 0 Å². The highest BCUT2D eigenvalue weighted by Gasteiger charge is 2.22. The van der Waals surface area contributed by atoms with E-state index in [1.54, 1.807) is 6.20 Å². The van der Waals surface area contributed by atoms with Crippen molar-refractivity contribution in [3.63, 3.8) is 0 Å². The second-order valence-electron chi connectivity index (χ2n) is 12.2. The molecule has 0 spiro atoms. The van der Waals surface area contributed by atoms with Gasteiger partial charge in [0.15, 0.2) is 17.5 Å². The van der Waals surface area contributed by atoms with Crippen LogP contribution in [-0.4, -0.2) is 19.9 Å². The third-order valence-electron chi connectivity index (χ3n) is 9.27. The maximum atomic E-state index is 6.72. The van der Waals surface area contributed by atoms with E-state index in [1.165, 1.54) is 0 Å². The molecule has 6 nitrogen and oxygen atoms in total. The van der Waals surface area contributed by atoms with Gasteiger partial charge in [0.2, 0.25) is 0 Å². The molecule has 234 valence electrons. The molecule has 4 aromatic heterocycles. The van der Waals surface area contributed by atoms with Crippen LogP contribution in [0.15, 0.2) is 167 Å². The van der Waals surface area contributed by atoms with Crippen molar-refractivity contribution >= 4 is 43.9 Å². The molecule has 0 radical (unpaired) electrons. The summed E-state index contributed by atoms with van der Waals surface area (Å²) in [5, 5.41) is 4.07. The molecule has 0 fully saturated rings. The van der Waals surface area contributed by atoms with Crippen LogP contribution in [0.1, 0.15) is 0 Å². The third kappa shape index (κ3) is 4.58. The second kappa shape index (κ2) is 11.4. The van der Waals surface area contributed by atoms with Crippen LogP contribution in [-0.2, 0) is 0 Å². The molecule has 0 saturated heterocycles. The van der Waals surface area contributed by atoms with Crippen molar-refractivity contribution in [1.82, 2.24) is 19.9 Å². The number of rotatable bonds is 5. The molecule has 0 atom stereocenters. The van der Waals surface area contributed by atoms with Gasteiger partial charge in [-0.1, -0.05) is 109 Å². The summed E-state index contributed by atoms with van der Waals surface area (Å²) in [7, 11) is 0. The molecule has 0 aliphatic rings. The highest BCUT2D eigenvalue weighted by atomic mass is 16.3. The third-order valence-corrected chi connectivity index (χ3v) is 9.27. The number of benzene rings is 6. The van der Waals surface area contributed by atoms with Crippen LogP contribution in [0.5, 0.6) is 0 Å². The number of pyridine rings is 1. The van der Waals surface area contributed by atoms with Gasteiger partial charge in [-0.3, -0.25) is 4.98 Å². The van der Waals surface area contributed by atoms with E-state index in [0.717, 1.165) is 82.8 Å². The first kappa shape index (κ1) is 28.1. The molecule has 4 heterocycles. The van der Waals surface area contributed by atoms with Gasteiger partial charge in [-0.25, -0.2) is 15.0 Å². The molecule has 0 bridgehead atoms. The van der Waals surface area contributed by atoms with Gasteiger partial charge in [0, 0.05) is 56.2 Å². The molecular formula is C44H26N4O2. The molecule has 10 aromatic rings. The summed E-state index contributed by atoms with van der Waals surface area (Å²) in [5.74, 6) is 1.76. The van der Waals surface area contributed by atoms with Gasteiger partial charge in [-0.05, 0) is 53.1 Å². The summed E-state index contributed by atoms with van der Waals surface area (Å²) >= 11 is 0. The molecule has 6 aromatic carbocycles. The second-order valence-corrected chi connectivity index (χ2v) is 12.2. The summed E-state index contributed by atoms with van der Waals surface area (Å²) in [6.07, 6.45) is 3.64. The van der Waals surface area contributed by atoms with E-state index < -0.39 is 0 Å². The summed E-state index contributed by atoms with van der Waals surface area (Å²) < 4.78 is 13.0. The Morgan fingerprint density at radius 1 is 0.360 bits per heavy atom. The van der Waals surface area contributed by atoms with Gasteiger partial charge in [0.05, 0.1) is 0 Å². The molecule has 0 aliphatic carbocycles. The zero-order chi connectivity index (χ0) is 33.0. The normalized spacial score (nSPS) is 11.6. The maximum absolute atomic E-state index is 6.72. The molecule has 6 heteroatoms. The lowest BCUT2D eigenvalue weighted by atomic mass is 9.95. The van der Waals surface area contributed by atoms with Crippen molar-refractivity contribution in [2.24, 2.45) is 0 Å². The average Bonchev–Trinajstić information content (AvgIpc) is 3.77. The summed E-state index contributed by atoms with van der Waals surface area (Å²) in [4.78, 5) is 19.5. The zero-order valence-electron chi connectivity index (χ0n) is 26.6. The van der Waals surface area contributed by atoms with Crippen LogP contribution in [0.4, 0.5) is 0 Å². The number of hydrogen-bond acceptors (Lipinski definition) is 6. The predicted molar refractivity (Wildman–Crippen MR) is 199 cm³/mol. The quantitative estimate of drug-likeness (QED) is 0.186. The molecule has 0 N–H and O–H groups in total. The van der Waals surface area contributed by atoms with Gasteiger partial charge < -0.3 is 8.83 Å². The Labute approximate surface area is 286 Å². The lowest BCUT2D eigenvalue weighted by molar-refractivity contribution is 0.668. The minimum atomic E-state index is 0.570. The van der Waals surface area contributed by atoms with Gasteiger partial charge in [-0.2, -0.15) is 0 Å². The van der Waals surface area contributed by atoms with Crippen molar-refractivity contribution in [2.45, 2.75) is 0 Å². The minimum absolute atomic E-state index is 0.570. The van der Waals surface area contributed by atoms with Crippen LogP contribution in [0.2, 0.25) is 0 Å². The Kier molecular flexibility index (Phi) is 6.39. The van der Waals surface area contributed by atoms with E-state index >= 15 is 0 Å². The van der Waals surface area contributed by atoms with Crippen molar-refractivity contribution < 1.29 is 8.83 Å². The summed E-state index contributed by atoms with van der Waals surface area (Å²) in [6, 6.07) is 49.0. The Hall–Kier alpha value is -6.92. The lowest BCUT2D eigenvalue weighted by Gasteiger charge is -2.11. The fraction of sp³-hybridized carbons (Fsp3) is 0. The number of furan rings is 2. The highest BCUT2D eigenvalue weighted by molar-refractivity contribution is 6.20. The van der Waals surface area contributed by atoms with Crippen molar-refractivity contribution in [1.29, 1.82) is 0 Å². The summed E-state index contributed by atoms with van der Waals surface area (Å²) in [5.41, 5.74) is 10.1. The van der Waals surface area contributed by atoms with E-state index in [1.807, 2.05) is 91.1 Å². The van der Waals surface area contributed by atoms with E-state index in [-0.39, 0.29) is 0 Å². The monoisotopic (exact) mass is 642 g/mol. The van der Waals surface area contributed by atoms with E-state index in [9.17, 15) is 0 Å². The fourth-order valence-electron chi connectivity index (χ4n) is 6.91. The Morgan fingerprint density at radius 3 is 1.72 bits per heavy atom. The van der Waals surface area contributed by atoms with Crippen molar-refractivity contribution in [2.75, 3.05) is 0 Å². The number of hydrogen-bond donors (Lipinski definition) is 0. The van der Waals surface area contributed by atoms with E-state index in [2.05, 4.69) is 65.6 Å². The predicted octanol–water partition coefficient (Wildman–Crippen LogP) is 11.4. The highest BCUT2D eigenvalue weighted by Crippen LogP contribution is 2.44. The Balaban J connectivity index is 1.21. The van der Waals surface area contributed by atoms with Crippen LogP contribution in [0.3, 0.4) is 0 Å². The molecule has 0 unspecified atom stereocenters. The van der Waals surface area contributed by atoms with E-state index in [0.29, 0.717) is 17.5 Å². The van der Waals surface area contributed by atoms with E-state index in [4.69, 9.17) is 23.8 Å². The molecular weight excluding hydrogens is 617 g/mol. The average molecular weight is 643 g/mol. The van der Waals surface area contributed by atoms with Crippen LogP contribution in [0.25, 0.3) is 100 Å². The number of nitrogens with zero attached hydrogens (tertiary/aromatic N) is 4. The lowest BCUT2D eigenvalue weighted by Crippen LogP contribution is -2.00. The first-order valence-corrected chi connectivity index (χ1v) is 16.5. The Bertz CT molecular complexity index is 2860. The fourth-order valence-corrected chi connectivity index (χ4v) is 6.91. The van der Waals surface area contributed by atoms with Crippen LogP contribution in [0, 0.1) is 0 Å². The first-order valence-electron chi connectivity index (χ1n) is 16.5. The smallest absolute Gasteiger partial charge is 0.164 e. The SMILES string of the molecule is c1ccc(-c2nc(-c3ccc(-c4cccnc4)cc3)nc(-c3ccc(-c4cccc5oc6ccccc6c45)c4oc5ccccc5c34)n2)cc1. The standard InChI is InChI=1S/C44H26N4O2/c1-2-10-28(11-3-1)42-46-43(29-21-19-27(20-22-29)30-12-9-25-45-26-30)48-44(47-42)35-24-23-32(41-40(35)34-14-5-7-17-37(34)50-41)31-15-8-18-38-39(31)33-13-4-6-16-36(33)49-38/h1-26H. The Morgan fingerprint density at radius 2 is 0.960 bits per heavy atom. The maximum Gasteiger partial charge on any atom is 0.164 e. The number of para-hydroxylation sites is 2. The van der Waals surface area contributed by atoms with Crippen molar-refractivity contribution in [3.05, 3.63) is 158 Å². The van der Waals surface area contributed by atoms with Crippen LogP contribution < -0.4 is 0 Å². The van der Waals surface area contributed by atoms with Gasteiger partial charge in [0.1, 0.15) is 22.3 Å². The number of fused-ring (bicyclic) bond motifs is 6.